The number of nitrogens with zero attached hydrogens (tertiary/aromatic N) is 1. The summed E-state index contributed by atoms with van der Waals surface area (Å²) in [6.45, 7) is 7.17. The molecule has 1 saturated carbocycles. The van der Waals surface area contributed by atoms with Crippen LogP contribution in [-0.2, 0) is 9.53 Å². The molecule has 0 saturated heterocycles. The molecule has 0 aromatic heterocycles. The first-order valence-corrected chi connectivity index (χ1v) is 10.9. The fourth-order valence-corrected chi connectivity index (χ4v) is 3.80. The Hall–Kier alpha value is -1.30. The van der Waals surface area contributed by atoms with Crippen LogP contribution in [0.5, 0.6) is 0 Å². The van der Waals surface area contributed by atoms with Crippen molar-refractivity contribution in [1.29, 1.82) is 0 Å². The maximum Gasteiger partial charge on any atom is 0.305 e. The van der Waals surface area contributed by atoms with Crippen molar-refractivity contribution in [3.05, 3.63) is 0 Å². The zero-order valence-electron chi connectivity index (χ0n) is 17.5. The van der Waals surface area contributed by atoms with Crippen LogP contribution in [0, 0.1) is 5.41 Å². The van der Waals surface area contributed by atoms with Gasteiger partial charge < -0.3 is 20.5 Å². The fourth-order valence-electron chi connectivity index (χ4n) is 3.80. The van der Waals surface area contributed by atoms with Gasteiger partial charge in [0.15, 0.2) is 5.96 Å². The molecule has 27 heavy (non-hydrogen) atoms. The number of nitrogens with one attached hydrogen (secondary N) is 2. The lowest BCUT2D eigenvalue weighted by molar-refractivity contribution is -0.143. The van der Waals surface area contributed by atoms with E-state index < -0.39 is 0 Å². The highest BCUT2D eigenvalue weighted by Crippen LogP contribution is 2.39. The summed E-state index contributed by atoms with van der Waals surface area (Å²) in [6, 6.07) is 0. The number of rotatable bonds is 13. The monoisotopic (exact) mass is 383 g/mol. The number of hydrogen-bond acceptors (Lipinski definition) is 4. The number of aliphatic imine (C=N–C) groups is 1. The highest BCUT2D eigenvalue weighted by Gasteiger charge is 2.31. The molecule has 0 amide bonds. The molecule has 0 unspecified atom stereocenters. The minimum absolute atomic E-state index is 0.0864. The first-order valence-electron chi connectivity index (χ1n) is 10.9. The lowest BCUT2D eigenvalue weighted by atomic mass is 9.72. The zero-order valence-corrected chi connectivity index (χ0v) is 17.5. The van der Waals surface area contributed by atoms with Gasteiger partial charge in [0.25, 0.3) is 0 Å². The minimum Gasteiger partial charge on any atom is -0.466 e. The number of carbonyl (C=O) groups is 1. The molecule has 3 N–H and O–H groups in total. The molecule has 0 aromatic rings. The van der Waals surface area contributed by atoms with Gasteiger partial charge in [0.1, 0.15) is 0 Å². The lowest BCUT2D eigenvalue weighted by Crippen LogP contribution is -2.39. The highest BCUT2D eigenvalue weighted by atomic mass is 16.5. The van der Waals surface area contributed by atoms with Crippen LogP contribution in [0.15, 0.2) is 4.99 Å². The quantitative estimate of drug-likeness (QED) is 0.196. The molecule has 6 heteroatoms. The van der Waals surface area contributed by atoms with Gasteiger partial charge in [-0.05, 0) is 51.4 Å². The second-order valence-electron chi connectivity index (χ2n) is 7.63. The molecule has 0 heterocycles. The lowest BCUT2D eigenvalue weighted by Gasteiger charge is -2.35. The van der Waals surface area contributed by atoms with E-state index in [0.717, 1.165) is 57.7 Å². The molecule has 0 aliphatic heterocycles. The van der Waals surface area contributed by atoms with Gasteiger partial charge in [0, 0.05) is 32.7 Å². The molecular weight excluding hydrogens is 342 g/mol. The second kappa shape index (κ2) is 14.7. The van der Waals surface area contributed by atoms with Crippen LogP contribution in [0.3, 0.4) is 0 Å². The Morgan fingerprint density at radius 3 is 2.48 bits per heavy atom. The summed E-state index contributed by atoms with van der Waals surface area (Å²) < 4.78 is 4.94. The van der Waals surface area contributed by atoms with E-state index >= 15 is 0 Å². The van der Waals surface area contributed by atoms with Crippen LogP contribution in [0.4, 0.5) is 0 Å². The normalized spacial score (nSPS) is 16.8. The van der Waals surface area contributed by atoms with Crippen LogP contribution < -0.4 is 10.6 Å². The molecule has 1 aliphatic carbocycles. The Kier molecular flexibility index (Phi) is 12.9. The summed E-state index contributed by atoms with van der Waals surface area (Å²) in [5.74, 6) is 0.795. The van der Waals surface area contributed by atoms with Crippen molar-refractivity contribution >= 4 is 11.9 Å². The number of guanidine groups is 1. The van der Waals surface area contributed by atoms with Gasteiger partial charge in [-0.25, -0.2) is 0 Å². The number of unbranched alkanes of at least 4 members (excludes halogenated alkanes) is 3. The highest BCUT2D eigenvalue weighted by molar-refractivity contribution is 5.79. The van der Waals surface area contributed by atoms with Gasteiger partial charge in [-0.3, -0.25) is 9.79 Å². The minimum atomic E-state index is -0.0864. The number of aliphatic hydroxyl groups is 1. The number of carbonyl (C=O) groups excluding carboxylic acids is 1. The smallest absolute Gasteiger partial charge is 0.305 e. The second-order valence-corrected chi connectivity index (χ2v) is 7.63. The topological polar surface area (TPSA) is 83.0 Å². The van der Waals surface area contributed by atoms with E-state index in [0.29, 0.717) is 13.0 Å². The predicted molar refractivity (Wildman–Crippen MR) is 111 cm³/mol. The van der Waals surface area contributed by atoms with Gasteiger partial charge in [-0.1, -0.05) is 32.1 Å². The van der Waals surface area contributed by atoms with Crippen molar-refractivity contribution in [2.75, 3.05) is 32.8 Å². The van der Waals surface area contributed by atoms with Crippen LogP contribution in [-0.4, -0.2) is 49.9 Å². The molecule has 0 atom stereocenters. The van der Waals surface area contributed by atoms with Crippen molar-refractivity contribution in [3.8, 4) is 0 Å². The summed E-state index contributed by atoms with van der Waals surface area (Å²) in [6.07, 6.45) is 11.7. The van der Waals surface area contributed by atoms with Crippen molar-refractivity contribution in [2.24, 2.45) is 10.4 Å². The third-order valence-corrected chi connectivity index (χ3v) is 5.38. The third kappa shape index (κ3) is 10.6. The molecule has 1 aliphatic rings. The Balaban J connectivity index is 2.29. The molecule has 158 valence electrons. The number of aliphatic hydroxyl groups excluding tert-OH is 1. The molecular formula is C21H41N3O3. The predicted octanol–water partition coefficient (Wildman–Crippen LogP) is 3.39. The van der Waals surface area contributed by atoms with E-state index in [4.69, 9.17) is 9.73 Å². The van der Waals surface area contributed by atoms with Crippen molar-refractivity contribution < 1.29 is 14.6 Å². The summed E-state index contributed by atoms with van der Waals surface area (Å²) in [5.41, 5.74) is 0.183. The molecule has 0 spiro atoms. The fraction of sp³-hybridized carbons (Fsp3) is 0.905. The number of hydrogen-bond donors (Lipinski definition) is 3. The molecule has 1 fully saturated rings. The standard InChI is InChI=1S/C21H41N3O3/c1-3-22-20(23-16-11-6-5-8-12-19(26)27-4-2)24-18-21(15-17-25)13-9-7-10-14-21/h25H,3-18H2,1-2H3,(H2,22,23,24). The van der Waals surface area contributed by atoms with E-state index in [2.05, 4.69) is 17.6 Å². The number of ether oxygens (including phenoxy) is 1. The summed E-state index contributed by atoms with van der Waals surface area (Å²) in [7, 11) is 0. The zero-order chi connectivity index (χ0) is 19.8. The SMILES string of the molecule is CCNC(=NCC1(CCO)CCCCC1)NCCCCCCC(=O)OCC. The molecule has 0 aromatic carbocycles. The third-order valence-electron chi connectivity index (χ3n) is 5.38. The van der Waals surface area contributed by atoms with E-state index in [1.54, 1.807) is 0 Å². The largest absolute Gasteiger partial charge is 0.466 e. The van der Waals surface area contributed by atoms with Crippen molar-refractivity contribution in [1.82, 2.24) is 10.6 Å². The Morgan fingerprint density at radius 2 is 1.81 bits per heavy atom. The van der Waals surface area contributed by atoms with Crippen molar-refractivity contribution in [3.63, 3.8) is 0 Å². The summed E-state index contributed by atoms with van der Waals surface area (Å²) in [4.78, 5) is 16.1. The maximum absolute atomic E-state index is 11.3. The summed E-state index contributed by atoms with van der Waals surface area (Å²) in [5, 5.41) is 16.2. The van der Waals surface area contributed by atoms with Gasteiger partial charge >= 0.3 is 5.97 Å². The average Bonchev–Trinajstić information content (AvgIpc) is 2.66. The van der Waals surface area contributed by atoms with E-state index in [1.165, 1.54) is 32.1 Å². The van der Waals surface area contributed by atoms with Gasteiger partial charge in [0.2, 0.25) is 0 Å². The molecule has 1 rings (SSSR count). The van der Waals surface area contributed by atoms with Gasteiger partial charge in [-0.15, -0.1) is 0 Å². The van der Waals surface area contributed by atoms with Gasteiger partial charge in [-0.2, -0.15) is 0 Å². The number of esters is 1. The Bertz CT molecular complexity index is 415. The first kappa shape index (κ1) is 23.7. The summed E-state index contributed by atoms with van der Waals surface area (Å²) >= 11 is 0. The van der Waals surface area contributed by atoms with E-state index in [9.17, 15) is 9.90 Å². The van der Waals surface area contributed by atoms with Crippen LogP contribution >= 0.6 is 0 Å². The first-order chi connectivity index (χ1) is 13.2. The molecule has 0 bridgehead atoms. The van der Waals surface area contributed by atoms with Crippen molar-refractivity contribution in [2.45, 2.75) is 84.5 Å². The van der Waals surface area contributed by atoms with E-state index in [-0.39, 0.29) is 18.0 Å². The molecule has 0 radical (unpaired) electrons. The maximum atomic E-state index is 11.3. The van der Waals surface area contributed by atoms with E-state index in [1.807, 2.05) is 6.92 Å². The Labute approximate surface area is 165 Å². The Morgan fingerprint density at radius 1 is 1.07 bits per heavy atom. The molecule has 6 nitrogen and oxygen atoms in total. The van der Waals surface area contributed by atoms with Crippen LogP contribution in [0.1, 0.15) is 84.5 Å². The average molecular weight is 384 g/mol. The van der Waals surface area contributed by atoms with Crippen LogP contribution in [0.25, 0.3) is 0 Å². The van der Waals surface area contributed by atoms with Gasteiger partial charge in [0.05, 0.1) is 6.61 Å². The van der Waals surface area contributed by atoms with Crippen LogP contribution in [0.2, 0.25) is 0 Å².